The van der Waals surface area contributed by atoms with E-state index in [2.05, 4.69) is 26.1 Å². The third-order valence-corrected chi connectivity index (χ3v) is 8.21. The number of halogens is 2. The Morgan fingerprint density at radius 1 is 0.622 bits per heavy atom. The van der Waals surface area contributed by atoms with Gasteiger partial charge in [-0.25, -0.2) is 4.39 Å². The van der Waals surface area contributed by atoms with Crippen LogP contribution in [0, 0.1) is 5.82 Å². The molecule has 0 spiro atoms. The van der Waals surface area contributed by atoms with Crippen molar-refractivity contribution >= 4 is 45.3 Å². The number of ketones is 1. The largest absolute Gasteiger partial charge is 0.288 e. The van der Waals surface area contributed by atoms with Crippen LogP contribution in [0.2, 0.25) is 0 Å². The quantitative estimate of drug-likeness (QED) is 0.178. The predicted molar refractivity (Wildman–Crippen MR) is 160 cm³/mol. The minimum atomic E-state index is -0.727. The number of rotatable bonds is 7. The van der Waals surface area contributed by atoms with Gasteiger partial charge in [0.15, 0.2) is 17.4 Å². The fourth-order valence-corrected chi connectivity index (χ4v) is 5.92. The van der Waals surface area contributed by atoms with Gasteiger partial charge in [-0.3, -0.25) is 38.3 Å². The maximum atomic E-state index is 14.8. The second-order valence-electron chi connectivity index (χ2n) is 10.3. The average molecular weight is 664 g/mol. The zero-order chi connectivity index (χ0) is 31.4. The van der Waals surface area contributed by atoms with Gasteiger partial charge in [0.25, 0.3) is 23.6 Å². The number of benzene rings is 4. The van der Waals surface area contributed by atoms with E-state index in [9.17, 15) is 28.4 Å². The molecule has 0 N–H and O–H groups in total. The molecule has 4 aromatic carbocycles. The molecule has 5 aromatic rings. The first-order valence-corrected chi connectivity index (χ1v) is 14.5. The molecule has 1 aromatic heterocycles. The van der Waals surface area contributed by atoms with Crippen LogP contribution in [0.3, 0.4) is 0 Å². The van der Waals surface area contributed by atoms with Gasteiger partial charge in [0, 0.05) is 10.0 Å². The van der Waals surface area contributed by atoms with Crippen molar-refractivity contribution in [2.45, 2.75) is 13.1 Å². The molecule has 0 aliphatic carbocycles. The fraction of sp³-hybridized carbons (Fsp3) is 0.0606. The molecule has 0 radical (unpaired) electrons. The molecule has 10 nitrogen and oxygen atoms in total. The Morgan fingerprint density at radius 3 is 1.53 bits per heavy atom. The lowest BCUT2D eigenvalue weighted by atomic mass is 10.0. The van der Waals surface area contributed by atoms with Crippen molar-refractivity contribution in [3.63, 3.8) is 0 Å². The summed E-state index contributed by atoms with van der Waals surface area (Å²) in [5, 5.41) is 8.53. The van der Waals surface area contributed by atoms with E-state index in [1.807, 2.05) is 0 Å². The van der Waals surface area contributed by atoms with Crippen LogP contribution >= 0.6 is 15.9 Å². The zero-order valence-corrected chi connectivity index (χ0v) is 24.7. The monoisotopic (exact) mass is 663 g/mol. The molecule has 12 heteroatoms. The minimum absolute atomic E-state index is 0.0431. The maximum Gasteiger partial charge on any atom is 0.261 e. The Morgan fingerprint density at radius 2 is 1.07 bits per heavy atom. The van der Waals surface area contributed by atoms with E-state index >= 15 is 0 Å². The van der Waals surface area contributed by atoms with Crippen LogP contribution in [0.25, 0.3) is 5.69 Å². The molecule has 2 aliphatic heterocycles. The lowest BCUT2D eigenvalue weighted by Gasteiger charge is -2.19. The molecule has 0 saturated heterocycles. The van der Waals surface area contributed by atoms with Crippen LogP contribution in [0.4, 0.5) is 4.39 Å². The second kappa shape index (κ2) is 10.8. The standard InChI is InChI=1S/C33H19BrFN5O5/c34-18-13-14-26(24(15-18)29(41)23-11-5-6-12-25(23)35)40-27(16-38-30(42)19-7-1-2-8-20(19)31(38)43)36-37-28(40)17-39-32(44)21-9-3-4-10-22(21)33(39)45/h1-15H,16-17H2. The lowest BCUT2D eigenvalue weighted by Crippen LogP contribution is -2.32. The molecular formula is C33H19BrFN5O5. The van der Waals surface area contributed by atoms with Crippen LogP contribution in [0.15, 0.2) is 95.5 Å². The van der Waals surface area contributed by atoms with Crippen LogP contribution in [0.1, 0.15) is 69.0 Å². The van der Waals surface area contributed by atoms with Crippen molar-refractivity contribution in [3.8, 4) is 5.69 Å². The molecule has 0 unspecified atom stereocenters. The van der Waals surface area contributed by atoms with E-state index in [-0.39, 0.29) is 63.8 Å². The van der Waals surface area contributed by atoms with Gasteiger partial charge in [0.05, 0.1) is 46.6 Å². The summed E-state index contributed by atoms with van der Waals surface area (Å²) in [6.45, 7) is -0.685. The predicted octanol–water partition coefficient (Wildman–Crippen LogP) is 4.99. The number of hydrogen-bond acceptors (Lipinski definition) is 7. The minimum Gasteiger partial charge on any atom is -0.288 e. The molecule has 45 heavy (non-hydrogen) atoms. The number of aromatic nitrogens is 3. The van der Waals surface area contributed by atoms with Gasteiger partial charge in [-0.1, -0.05) is 52.3 Å². The molecule has 0 atom stereocenters. The number of hydrogen-bond donors (Lipinski definition) is 0. The Hall–Kier alpha value is -5.62. The first kappa shape index (κ1) is 28.2. The molecule has 0 bridgehead atoms. The Balaban J connectivity index is 1.36. The van der Waals surface area contributed by atoms with E-state index in [0.717, 1.165) is 9.80 Å². The highest BCUT2D eigenvalue weighted by Gasteiger charge is 2.39. The topological polar surface area (TPSA) is 123 Å². The number of carbonyl (C=O) groups excluding carboxylic acids is 5. The van der Waals surface area contributed by atoms with E-state index in [4.69, 9.17) is 0 Å². The maximum absolute atomic E-state index is 14.8. The van der Waals surface area contributed by atoms with Gasteiger partial charge in [-0.05, 0) is 54.6 Å². The first-order chi connectivity index (χ1) is 21.7. The van der Waals surface area contributed by atoms with Crippen molar-refractivity contribution in [2.75, 3.05) is 0 Å². The summed E-state index contributed by atoms with van der Waals surface area (Å²) < 4.78 is 16.7. The molecule has 220 valence electrons. The Labute approximate surface area is 262 Å². The summed E-state index contributed by atoms with van der Waals surface area (Å²) in [7, 11) is 0. The number of nitrogens with zero attached hydrogens (tertiary/aromatic N) is 5. The fourth-order valence-electron chi connectivity index (χ4n) is 5.56. The number of amides is 4. The van der Waals surface area contributed by atoms with Crippen LogP contribution in [-0.2, 0) is 13.1 Å². The molecule has 4 amide bonds. The van der Waals surface area contributed by atoms with E-state index in [1.54, 1.807) is 60.7 Å². The average Bonchev–Trinajstić information content (AvgIpc) is 3.64. The normalized spacial score (nSPS) is 13.9. The van der Waals surface area contributed by atoms with Gasteiger partial charge in [0.1, 0.15) is 5.82 Å². The van der Waals surface area contributed by atoms with E-state index in [0.29, 0.717) is 4.47 Å². The zero-order valence-electron chi connectivity index (χ0n) is 23.1. The third-order valence-electron chi connectivity index (χ3n) is 7.72. The molecule has 0 saturated carbocycles. The summed E-state index contributed by atoms with van der Waals surface area (Å²) in [4.78, 5) is 68.8. The second-order valence-corrected chi connectivity index (χ2v) is 11.2. The van der Waals surface area contributed by atoms with Gasteiger partial charge in [-0.15, -0.1) is 10.2 Å². The number of fused-ring (bicyclic) bond motifs is 2. The van der Waals surface area contributed by atoms with Crippen molar-refractivity contribution < 1.29 is 28.4 Å². The lowest BCUT2D eigenvalue weighted by molar-refractivity contribution is 0.0626. The molecule has 2 aliphatic rings. The molecule has 3 heterocycles. The van der Waals surface area contributed by atoms with Gasteiger partial charge >= 0.3 is 0 Å². The van der Waals surface area contributed by atoms with Crippen molar-refractivity contribution in [1.29, 1.82) is 0 Å². The number of imide groups is 2. The highest BCUT2D eigenvalue weighted by Crippen LogP contribution is 2.30. The summed E-state index contributed by atoms with van der Waals surface area (Å²) in [6, 6.07) is 23.0. The Kier molecular flexibility index (Phi) is 6.78. The van der Waals surface area contributed by atoms with E-state index < -0.39 is 35.2 Å². The Bertz CT molecular complexity index is 1960. The summed E-state index contributed by atoms with van der Waals surface area (Å²) in [6.07, 6.45) is 0. The smallest absolute Gasteiger partial charge is 0.261 e. The molecule has 7 rings (SSSR count). The SMILES string of the molecule is O=C(c1ccccc1F)c1cc(Br)ccc1-n1c(CN2C(=O)c3ccccc3C2=O)nnc1CN1C(=O)c2ccccc2C1=O. The van der Waals surface area contributed by atoms with Crippen LogP contribution < -0.4 is 0 Å². The molecule has 0 fully saturated rings. The highest BCUT2D eigenvalue weighted by atomic mass is 79.9. The third kappa shape index (κ3) is 4.57. The summed E-state index contributed by atoms with van der Waals surface area (Å²) >= 11 is 3.38. The van der Waals surface area contributed by atoms with Gasteiger partial charge < -0.3 is 0 Å². The first-order valence-electron chi connectivity index (χ1n) is 13.7. The summed E-state index contributed by atoms with van der Waals surface area (Å²) in [5.74, 6) is -3.39. The summed E-state index contributed by atoms with van der Waals surface area (Å²) in [5.41, 5.74) is 0.986. The van der Waals surface area contributed by atoms with E-state index in [1.165, 1.54) is 34.9 Å². The van der Waals surface area contributed by atoms with Crippen LogP contribution in [-0.4, -0.2) is 54.0 Å². The van der Waals surface area contributed by atoms with Crippen molar-refractivity contribution in [1.82, 2.24) is 24.6 Å². The highest BCUT2D eigenvalue weighted by molar-refractivity contribution is 9.10. The van der Waals surface area contributed by atoms with Gasteiger partial charge in [-0.2, -0.15) is 0 Å². The van der Waals surface area contributed by atoms with Crippen molar-refractivity contribution in [2.24, 2.45) is 0 Å². The van der Waals surface area contributed by atoms with Gasteiger partial charge in [0.2, 0.25) is 0 Å². The van der Waals surface area contributed by atoms with Crippen LogP contribution in [0.5, 0.6) is 0 Å². The number of carbonyl (C=O) groups is 5. The molecular weight excluding hydrogens is 645 g/mol. The van der Waals surface area contributed by atoms with Crippen molar-refractivity contribution in [3.05, 3.63) is 146 Å².